The van der Waals surface area contributed by atoms with Crippen LogP contribution in [0.2, 0.25) is 5.02 Å². The third-order valence-corrected chi connectivity index (χ3v) is 4.37. The number of nitrogens with two attached hydrogens (primary N) is 1. The van der Waals surface area contributed by atoms with Crippen molar-refractivity contribution in [3.8, 4) is 0 Å². The minimum absolute atomic E-state index is 0.131. The molecule has 1 aliphatic heterocycles. The van der Waals surface area contributed by atoms with Crippen molar-refractivity contribution in [1.82, 2.24) is 9.80 Å². The average Bonchev–Trinajstić information content (AvgIpc) is 2.83. The zero-order valence-corrected chi connectivity index (χ0v) is 12.6. The van der Waals surface area contributed by atoms with E-state index in [0.29, 0.717) is 5.02 Å². The molecule has 5 heteroatoms. The molecule has 4 nitrogen and oxygen atoms in total. The number of hydrogen-bond donors (Lipinski definition) is 1. The fourth-order valence-electron chi connectivity index (χ4n) is 2.82. The van der Waals surface area contributed by atoms with Gasteiger partial charge in [-0.15, -0.1) is 0 Å². The summed E-state index contributed by atoms with van der Waals surface area (Å²) in [6, 6.07) is 7.79. The quantitative estimate of drug-likeness (QED) is 0.923. The maximum Gasteiger partial charge on any atom is 0.134 e. The minimum atomic E-state index is -0.131. The van der Waals surface area contributed by atoms with Gasteiger partial charge in [-0.3, -0.25) is 4.90 Å². The lowest BCUT2D eigenvalue weighted by molar-refractivity contribution is 0.0926. The molecule has 2 atom stereocenters. The van der Waals surface area contributed by atoms with Crippen LogP contribution in [-0.4, -0.2) is 49.6 Å². The van der Waals surface area contributed by atoms with E-state index in [1.165, 1.54) is 0 Å². The highest BCUT2D eigenvalue weighted by atomic mass is 35.5. The normalized spacial score (nSPS) is 23.3. The van der Waals surface area contributed by atoms with Gasteiger partial charge < -0.3 is 15.1 Å². The molecule has 0 saturated carbocycles. The molecular weight excluding hydrogens is 274 g/mol. The first kappa shape index (κ1) is 13.9. The second-order valence-corrected chi connectivity index (χ2v) is 6.10. The van der Waals surface area contributed by atoms with Crippen molar-refractivity contribution in [3.63, 3.8) is 0 Å². The van der Waals surface area contributed by atoms with Crippen LogP contribution >= 0.6 is 11.6 Å². The molecule has 0 amide bonds. The summed E-state index contributed by atoms with van der Waals surface area (Å²) in [7, 11) is 4.25. The maximum atomic E-state index is 6.43. The summed E-state index contributed by atoms with van der Waals surface area (Å²) >= 11 is 6.01. The Balaban J connectivity index is 1.89. The second-order valence-electron chi connectivity index (χ2n) is 5.67. The van der Waals surface area contributed by atoms with E-state index in [9.17, 15) is 0 Å². The molecule has 0 radical (unpaired) electrons. The topological polar surface area (TPSA) is 45.6 Å². The highest BCUT2D eigenvalue weighted by Gasteiger charge is 2.30. The summed E-state index contributed by atoms with van der Waals surface area (Å²) in [6.07, 6.45) is 0. The molecule has 1 aromatic heterocycles. The number of rotatable bonds is 2. The van der Waals surface area contributed by atoms with Crippen molar-refractivity contribution in [2.75, 3.05) is 33.7 Å². The first-order valence-electron chi connectivity index (χ1n) is 6.88. The Morgan fingerprint density at radius 1 is 1.30 bits per heavy atom. The Labute approximate surface area is 124 Å². The van der Waals surface area contributed by atoms with Crippen LogP contribution in [-0.2, 0) is 0 Å². The lowest BCUT2D eigenvalue weighted by Crippen LogP contribution is -2.54. The van der Waals surface area contributed by atoms with Crippen LogP contribution in [0.4, 0.5) is 0 Å². The molecular formula is C15H20ClN3O. The van der Waals surface area contributed by atoms with E-state index in [4.69, 9.17) is 21.8 Å². The summed E-state index contributed by atoms with van der Waals surface area (Å²) in [5.41, 5.74) is 7.27. The fraction of sp³-hybridized carbons (Fsp3) is 0.467. The third-order valence-electron chi connectivity index (χ3n) is 4.14. The second kappa shape index (κ2) is 5.37. The van der Waals surface area contributed by atoms with Crippen molar-refractivity contribution in [2.45, 2.75) is 12.1 Å². The Morgan fingerprint density at radius 3 is 2.90 bits per heavy atom. The Morgan fingerprint density at radius 2 is 2.10 bits per heavy atom. The first-order chi connectivity index (χ1) is 9.54. The van der Waals surface area contributed by atoms with Gasteiger partial charge in [-0.2, -0.15) is 0 Å². The van der Waals surface area contributed by atoms with E-state index in [0.717, 1.165) is 36.4 Å². The zero-order valence-electron chi connectivity index (χ0n) is 11.8. The van der Waals surface area contributed by atoms with Gasteiger partial charge in [0, 0.05) is 36.1 Å². The van der Waals surface area contributed by atoms with E-state index < -0.39 is 0 Å². The van der Waals surface area contributed by atoms with E-state index in [1.54, 1.807) is 0 Å². The predicted molar refractivity (Wildman–Crippen MR) is 82.1 cm³/mol. The van der Waals surface area contributed by atoms with Crippen molar-refractivity contribution in [2.24, 2.45) is 5.73 Å². The third kappa shape index (κ3) is 2.56. The molecule has 2 unspecified atom stereocenters. The molecule has 1 saturated heterocycles. The van der Waals surface area contributed by atoms with Gasteiger partial charge >= 0.3 is 0 Å². The standard InChI is InChI=1S/C15H20ClN3O/c1-18-5-6-19(2)12(9-18)15(17)14-8-10-7-11(16)3-4-13(10)20-14/h3-4,7-8,12,15H,5-6,9,17H2,1-2H3. The summed E-state index contributed by atoms with van der Waals surface area (Å²) in [4.78, 5) is 4.62. The minimum Gasteiger partial charge on any atom is -0.459 e. The molecule has 0 aliphatic carbocycles. The molecule has 0 spiro atoms. The van der Waals surface area contributed by atoms with Crippen molar-refractivity contribution in [1.29, 1.82) is 0 Å². The summed E-state index contributed by atoms with van der Waals surface area (Å²) in [5.74, 6) is 0.828. The number of benzene rings is 1. The molecule has 2 N–H and O–H groups in total. The average molecular weight is 294 g/mol. The van der Waals surface area contributed by atoms with Crippen LogP contribution in [0, 0.1) is 0 Å². The van der Waals surface area contributed by atoms with Gasteiger partial charge in [0.2, 0.25) is 0 Å². The van der Waals surface area contributed by atoms with Crippen LogP contribution in [0.5, 0.6) is 0 Å². The van der Waals surface area contributed by atoms with E-state index >= 15 is 0 Å². The van der Waals surface area contributed by atoms with Crippen LogP contribution in [0.3, 0.4) is 0 Å². The van der Waals surface area contributed by atoms with Crippen molar-refractivity contribution < 1.29 is 4.42 Å². The molecule has 2 heterocycles. The monoisotopic (exact) mass is 293 g/mol. The van der Waals surface area contributed by atoms with Crippen molar-refractivity contribution in [3.05, 3.63) is 35.0 Å². The lowest BCUT2D eigenvalue weighted by Gasteiger charge is -2.40. The zero-order chi connectivity index (χ0) is 14.3. The van der Waals surface area contributed by atoms with Gasteiger partial charge in [-0.1, -0.05) is 11.6 Å². The van der Waals surface area contributed by atoms with Gasteiger partial charge in [-0.05, 0) is 38.4 Å². The fourth-order valence-corrected chi connectivity index (χ4v) is 3.00. The van der Waals surface area contributed by atoms with Gasteiger partial charge in [0.1, 0.15) is 11.3 Å². The number of piperazine rings is 1. The smallest absolute Gasteiger partial charge is 0.134 e. The summed E-state index contributed by atoms with van der Waals surface area (Å²) < 4.78 is 5.89. The number of nitrogens with zero attached hydrogens (tertiary/aromatic N) is 2. The first-order valence-corrected chi connectivity index (χ1v) is 7.26. The van der Waals surface area contributed by atoms with Gasteiger partial charge in [0.25, 0.3) is 0 Å². The van der Waals surface area contributed by atoms with E-state index in [2.05, 4.69) is 23.9 Å². The molecule has 0 bridgehead atoms. The van der Waals surface area contributed by atoms with Gasteiger partial charge in [-0.25, -0.2) is 0 Å². The Kier molecular flexibility index (Phi) is 3.73. The Bertz CT molecular complexity index is 612. The summed E-state index contributed by atoms with van der Waals surface area (Å²) in [5, 5.41) is 1.72. The molecule has 2 aromatic rings. The number of furan rings is 1. The Hall–Kier alpha value is -1.07. The number of hydrogen-bond acceptors (Lipinski definition) is 4. The highest BCUT2D eigenvalue weighted by Crippen LogP contribution is 2.28. The lowest BCUT2D eigenvalue weighted by atomic mass is 10.0. The van der Waals surface area contributed by atoms with Crippen molar-refractivity contribution >= 4 is 22.6 Å². The molecule has 1 fully saturated rings. The summed E-state index contributed by atoms with van der Waals surface area (Å²) in [6.45, 7) is 3.06. The number of likely N-dealkylation sites (N-methyl/N-ethyl adjacent to an activating group) is 2. The number of fused-ring (bicyclic) bond motifs is 1. The van der Waals surface area contributed by atoms with E-state index in [1.807, 2.05) is 24.3 Å². The highest BCUT2D eigenvalue weighted by molar-refractivity contribution is 6.31. The van der Waals surface area contributed by atoms with Crippen LogP contribution in [0.25, 0.3) is 11.0 Å². The van der Waals surface area contributed by atoms with E-state index in [-0.39, 0.29) is 12.1 Å². The molecule has 108 valence electrons. The van der Waals surface area contributed by atoms with Crippen LogP contribution < -0.4 is 5.73 Å². The molecule has 20 heavy (non-hydrogen) atoms. The maximum absolute atomic E-state index is 6.43. The van der Waals surface area contributed by atoms with Crippen LogP contribution in [0.15, 0.2) is 28.7 Å². The van der Waals surface area contributed by atoms with Gasteiger partial charge in [0.05, 0.1) is 6.04 Å². The largest absolute Gasteiger partial charge is 0.459 e. The molecule has 3 rings (SSSR count). The SMILES string of the molecule is CN1CCN(C)C(C(N)c2cc3cc(Cl)ccc3o2)C1. The number of halogens is 1. The molecule has 1 aromatic carbocycles. The van der Waals surface area contributed by atoms with Crippen LogP contribution in [0.1, 0.15) is 11.8 Å². The van der Waals surface area contributed by atoms with Gasteiger partial charge in [0.15, 0.2) is 0 Å². The molecule has 1 aliphatic rings. The predicted octanol–water partition coefficient (Wildman–Crippen LogP) is 2.33.